The van der Waals surface area contributed by atoms with Crippen LogP contribution in [0.1, 0.15) is 24.8 Å². The molecule has 1 aromatic rings. The van der Waals surface area contributed by atoms with Gasteiger partial charge in [-0.25, -0.2) is 0 Å². The SMILES string of the molecule is COc1cc(CNC2CC3CCC2O3)cc(Br)c1O. The molecular formula is C14H18BrNO3. The van der Waals surface area contributed by atoms with Crippen molar-refractivity contribution in [1.29, 1.82) is 0 Å². The van der Waals surface area contributed by atoms with Gasteiger partial charge in [0.1, 0.15) is 0 Å². The number of ether oxygens (including phenoxy) is 2. The largest absolute Gasteiger partial charge is 0.503 e. The van der Waals surface area contributed by atoms with Gasteiger partial charge in [0.2, 0.25) is 0 Å². The van der Waals surface area contributed by atoms with Gasteiger partial charge < -0.3 is 19.9 Å². The Bertz CT molecular complexity index is 480. The fraction of sp³-hybridized carbons (Fsp3) is 0.571. The van der Waals surface area contributed by atoms with E-state index in [9.17, 15) is 5.11 Å². The average molecular weight is 328 g/mol. The Kier molecular flexibility index (Phi) is 3.69. The molecule has 0 aliphatic carbocycles. The summed E-state index contributed by atoms with van der Waals surface area (Å²) in [6.07, 6.45) is 4.34. The van der Waals surface area contributed by atoms with Crippen molar-refractivity contribution >= 4 is 15.9 Å². The minimum absolute atomic E-state index is 0.148. The minimum atomic E-state index is 0.148. The molecule has 0 amide bonds. The minimum Gasteiger partial charge on any atom is -0.503 e. The van der Waals surface area contributed by atoms with E-state index in [2.05, 4.69) is 21.2 Å². The highest BCUT2D eigenvalue weighted by molar-refractivity contribution is 9.10. The lowest BCUT2D eigenvalue weighted by molar-refractivity contribution is 0.0973. The first-order chi connectivity index (χ1) is 9.17. The molecule has 0 aromatic heterocycles. The molecule has 19 heavy (non-hydrogen) atoms. The number of rotatable bonds is 4. The molecule has 0 radical (unpaired) electrons. The average Bonchev–Trinajstić information content (AvgIpc) is 3.02. The molecule has 3 rings (SSSR count). The summed E-state index contributed by atoms with van der Waals surface area (Å²) in [5.41, 5.74) is 1.09. The van der Waals surface area contributed by atoms with Gasteiger partial charge in [-0.15, -0.1) is 0 Å². The molecule has 2 fully saturated rings. The third kappa shape index (κ3) is 2.59. The summed E-state index contributed by atoms with van der Waals surface area (Å²) in [6.45, 7) is 0.756. The van der Waals surface area contributed by atoms with Crippen LogP contribution in [-0.2, 0) is 11.3 Å². The van der Waals surface area contributed by atoms with Gasteiger partial charge in [-0.05, 0) is 52.9 Å². The van der Waals surface area contributed by atoms with Crippen LogP contribution in [0.2, 0.25) is 0 Å². The molecule has 2 aliphatic rings. The van der Waals surface area contributed by atoms with E-state index in [0.29, 0.717) is 28.5 Å². The zero-order valence-electron chi connectivity index (χ0n) is 10.9. The van der Waals surface area contributed by atoms with E-state index in [4.69, 9.17) is 9.47 Å². The van der Waals surface area contributed by atoms with E-state index >= 15 is 0 Å². The number of hydrogen-bond donors (Lipinski definition) is 2. The maximum absolute atomic E-state index is 9.78. The van der Waals surface area contributed by atoms with E-state index in [1.54, 1.807) is 7.11 Å². The van der Waals surface area contributed by atoms with Crippen LogP contribution in [0.25, 0.3) is 0 Å². The first kappa shape index (κ1) is 13.2. The van der Waals surface area contributed by atoms with Crippen molar-refractivity contribution in [2.45, 2.75) is 44.1 Å². The van der Waals surface area contributed by atoms with Crippen molar-refractivity contribution < 1.29 is 14.6 Å². The zero-order valence-corrected chi connectivity index (χ0v) is 12.4. The highest BCUT2D eigenvalue weighted by Gasteiger charge is 2.40. The van der Waals surface area contributed by atoms with Crippen molar-refractivity contribution in [2.75, 3.05) is 7.11 Å². The van der Waals surface area contributed by atoms with Gasteiger partial charge in [0.05, 0.1) is 23.8 Å². The fourth-order valence-corrected chi connectivity index (χ4v) is 3.48. The normalized spacial score (nSPS) is 28.8. The summed E-state index contributed by atoms with van der Waals surface area (Å²) in [5, 5.41) is 13.3. The maximum Gasteiger partial charge on any atom is 0.172 e. The molecule has 2 N–H and O–H groups in total. The van der Waals surface area contributed by atoms with Crippen molar-refractivity contribution in [1.82, 2.24) is 5.32 Å². The van der Waals surface area contributed by atoms with Gasteiger partial charge in [0.15, 0.2) is 11.5 Å². The van der Waals surface area contributed by atoms with Crippen molar-refractivity contribution in [2.24, 2.45) is 0 Å². The summed E-state index contributed by atoms with van der Waals surface area (Å²) < 4.78 is 11.6. The van der Waals surface area contributed by atoms with E-state index in [1.807, 2.05) is 12.1 Å². The van der Waals surface area contributed by atoms with Gasteiger partial charge in [-0.2, -0.15) is 0 Å². The molecule has 0 spiro atoms. The maximum atomic E-state index is 9.78. The second kappa shape index (κ2) is 5.31. The predicted octanol–water partition coefficient (Wildman–Crippen LogP) is 2.57. The van der Waals surface area contributed by atoms with Crippen LogP contribution in [0, 0.1) is 0 Å². The van der Waals surface area contributed by atoms with Crippen LogP contribution in [0.3, 0.4) is 0 Å². The Hall–Kier alpha value is -0.780. The summed E-state index contributed by atoms with van der Waals surface area (Å²) in [6, 6.07) is 4.23. The summed E-state index contributed by atoms with van der Waals surface area (Å²) in [4.78, 5) is 0. The predicted molar refractivity (Wildman–Crippen MR) is 75.5 cm³/mol. The molecule has 2 aliphatic heterocycles. The lowest BCUT2D eigenvalue weighted by Gasteiger charge is -2.20. The first-order valence-corrected chi connectivity index (χ1v) is 7.41. The first-order valence-electron chi connectivity index (χ1n) is 6.61. The van der Waals surface area contributed by atoms with Gasteiger partial charge >= 0.3 is 0 Å². The second-order valence-corrected chi connectivity index (χ2v) is 6.08. The fourth-order valence-electron chi connectivity index (χ4n) is 2.99. The standard InChI is InChI=1S/C14H18BrNO3/c1-18-13-5-8(4-10(15)14(13)17)7-16-11-6-9-2-3-12(11)19-9/h4-5,9,11-12,16-17H,2-3,6-7H2,1H3. The Balaban J connectivity index is 1.65. The number of halogens is 1. The Morgan fingerprint density at radius 3 is 2.95 bits per heavy atom. The van der Waals surface area contributed by atoms with E-state index < -0.39 is 0 Å². The van der Waals surface area contributed by atoms with Crippen LogP contribution in [-0.4, -0.2) is 30.5 Å². The topological polar surface area (TPSA) is 50.7 Å². The van der Waals surface area contributed by atoms with E-state index in [0.717, 1.165) is 18.5 Å². The van der Waals surface area contributed by atoms with Gasteiger partial charge in [-0.1, -0.05) is 0 Å². The number of hydrogen-bond acceptors (Lipinski definition) is 4. The molecular weight excluding hydrogens is 310 g/mol. The lowest BCUT2D eigenvalue weighted by atomic mass is 9.95. The highest BCUT2D eigenvalue weighted by Crippen LogP contribution is 2.36. The van der Waals surface area contributed by atoms with Crippen molar-refractivity contribution in [3.63, 3.8) is 0 Å². The monoisotopic (exact) mass is 327 g/mol. The molecule has 104 valence electrons. The van der Waals surface area contributed by atoms with Crippen molar-refractivity contribution in [3.8, 4) is 11.5 Å². The third-order valence-electron chi connectivity index (χ3n) is 3.98. The third-order valence-corrected chi connectivity index (χ3v) is 4.59. The molecule has 3 atom stereocenters. The Labute approximate surface area is 121 Å². The quantitative estimate of drug-likeness (QED) is 0.892. The van der Waals surface area contributed by atoms with Crippen LogP contribution >= 0.6 is 15.9 Å². The number of phenols is 1. The molecule has 2 heterocycles. The van der Waals surface area contributed by atoms with Gasteiger partial charge in [0, 0.05) is 12.6 Å². The number of phenolic OH excluding ortho intramolecular Hbond substituents is 1. The Morgan fingerprint density at radius 1 is 1.47 bits per heavy atom. The number of nitrogens with one attached hydrogen (secondary N) is 1. The van der Waals surface area contributed by atoms with Gasteiger partial charge in [-0.3, -0.25) is 0 Å². The molecule has 3 unspecified atom stereocenters. The van der Waals surface area contributed by atoms with Crippen molar-refractivity contribution in [3.05, 3.63) is 22.2 Å². The highest BCUT2D eigenvalue weighted by atomic mass is 79.9. The molecule has 1 aromatic carbocycles. The Morgan fingerprint density at radius 2 is 2.32 bits per heavy atom. The molecule has 5 heteroatoms. The summed E-state index contributed by atoms with van der Waals surface area (Å²) in [5.74, 6) is 0.643. The van der Waals surface area contributed by atoms with E-state index in [1.165, 1.54) is 12.8 Å². The van der Waals surface area contributed by atoms with Crippen LogP contribution in [0.15, 0.2) is 16.6 Å². The smallest absolute Gasteiger partial charge is 0.172 e. The molecule has 2 bridgehead atoms. The number of benzene rings is 1. The van der Waals surface area contributed by atoms with Crippen LogP contribution < -0.4 is 10.1 Å². The van der Waals surface area contributed by atoms with Crippen LogP contribution in [0.4, 0.5) is 0 Å². The van der Waals surface area contributed by atoms with Gasteiger partial charge in [0.25, 0.3) is 0 Å². The lowest BCUT2D eigenvalue weighted by Crippen LogP contribution is -2.36. The number of methoxy groups -OCH3 is 1. The number of aromatic hydroxyl groups is 1. The second-order valence-electron chi connectivity index (χ2n) is 5.23. The van der Waals surface area contributed by atoms with E-state index in [-0.39, 0.29) is 5.75 Å². The number of fused-ring (bicyclic) bond motifs is 2. The summed E-state index contributed by atoms with van der Waals surface area (Å²) >= 11 is 3.34. The zero-order chi connectivity index (χ0) is 13.4. The molecule has 0 saturated carbocycles. The molecule has 2 saturated heterocycles. The summed E-state index contributed by atoms with van der Waals surface area (Å²) in [7, 11) is 1.56. The molecule has 4 nitrogen and oxygen atoms in total. The van der Waals surface area contributed by atoms with Crippen LogP contribution in [0.5, 0.6) is 11.5 Å².